The predicted octanol–water partition coefficient (Wildman–Crippen LogP) is 4.40. The lowest BCUT2D eigenvalue weighted by Gasteiger charge is -2.23. The number of benzene rings is 2. The Morgan fingerprint density at radius 1 is 1.04 bits per heavy atom. The van der Waals surface area contributed by atoms with E-state index in [-0.39, 0.29) is 11.5 Å². The number of hydrazone groups is 1. The van der Waals surface area contributed by atoms with E-state index in [1.807, 2.05) is 49.4 Å². The van der Waals surface area contributed by atoms with Crippen LogP contribution >= 0.6 is 0 Å². The van der Waals surface area contributed by atoms with Gasteiger partial charge in [0.2, 0.25) is 0 Å². The molecular weight excluding hydrogens is 344 g/mol. The summed E-state index contributed by atoms with van der Waals surface area (Å²) in [6.45, 7) is 8.18. The molecule has 1 aliphatic rings. The molecule has 0 saturated heterocycles. The highest BCUT2D eigenvalue weighted by molar-refractivity contribution is 7.89. The first-order chi connectivity index (χ1) is 12.2. The Morgan fingerprint density at radius 3 is 2.23 bits per heavy atom. The first-order valence-corrected chi connectivity index (χ1v) is 10.3. The summed E-state index contributed by atoms with van der Waals surface area (Å²) in [5, 5.41) is 4.57. The zero-order chi connectivity index (χ0) is 18.9. The van der Waals surface area contributed by atoms with E-state index in [0.29, 0.717) is 17.7 Å². The van der Waals surface area contributed by atoms with Crippen molar-refractivity contribution >= 4 is 15.7 Å². The van der Waals surface area contributed by atoms with E-state index in [0.717, 1.165) is 16.8 Å². The van der Waals surface area contributed by atoms with Crippen LogP contribution in [0.25, 0.3) is 0 Å². The molecule has 138 valence electrons. The summed E-state index contributed by atoms with van der Waals surface area (Å²) in [7, 11) is -3.67. The SMILES string of the molecule is Cc1ccc(S(=O)(=O)N2N=C(C(C)(C)C)CC2Cc2ccccc2)cc1. The first kappa shape index (κ1) is 18.6. The third-order valence-corrected chi connectivity index (χ3v) is 6.45. The molecule has 5 heteroatoms. The number of aryl methyl sites for hydroxylation is 1. The van der Waals surface area contributed by atoms with Crippen LogP contribution in [0.1, 0.15) is 38.3 Å². The van der Waals surface area contributed by atoms with E-state index in [1.54, 1.807) is 12.1 Å². The molecule has 0 N–H and O–H groups in total. The highest BCUT2D eigenvalue weighted by atomic mass is 32.2. The first-order valence-electron chi connectivity index (χ1n) is 8.91. The summed E-state index contributed by atoms with van der Waals surface area (Å²) >= 11 is 0. The second-order valence-corrected chi connectivity index (χ2v) is 9.73. The largest absolute Gasteiger partial charge is 0.279 e. The molecule has 4 nitrogen and oxygen atoms in total. The monoisotopic (exact) mass is 370 g/mol. The average Bonchev–Trinajstić information content (AvgIpc) is 3.01. The number of hydrogen-bond acceptors (Lipinski definition) is 3. The van der Waals surface area contributed by atoms with Crippen molar-refractivity contribution in [3.63, 3.8) is 0 Å². The summed E-state index contributed by atoms with van der Waals surface area (Å²) in [6, 6.07) is 16.8. The van der Waals surface area contributed by atoms with Crippen LogP contribution in [0.4, 0.5) is 0 Å². The van der Waals surface area contributed by atoms with Crippen LogP contribution in [-0.2, 0) is 16.4 Å². The number of nitrogens with zero attached hydrogens (tertiary/aromatic N) is 2. The molecule has 0 spiro atoms. The minimum atomic E-state index is -3.67. The molecule has 0 fully saturated rings. The molecule has 0 aliphatic carbocycles. The Labute approximate surface area is 156 Å². The fourth-order valence-electron chi connectivity index (χ4n) is 3.10. The predicted molar refractivity (Wildman–Crippen MR) is 106 cm³/mol. The van der Waals surface area contributed by atoms with Gasteiger partial charge < -0.3 is 0 Å². The average molecular weight is 371 g/mol. The van der Waals surface area contributed by atoms with Crippen LogP contribution < -0.4 is 0 Å². The molecule has 0 saturated carbocycles. The molecule has 26 heavy (non-hydrogen) atoms. The minimum absolute atomic E-state index is 0.160. The molecule has 2 aromatic carbocycles. The molecule has 0 bridgehead atoms. The van der Waals surface area contributed by atoms with Crippen molar-refractivity contribution in [3.8, 4) is 0 Å². The van der Waals surface area contributed by atoms with Gasteiger partial charge in [-0.3, -0.25) is 0 Å². The lowest BCUT2D eigenvalue weighted by atomic mass is 9.86. The van der Waals surface area contributed by atoms with Crippen molar-refractivity contribution < 1.29 is 8.42 Å². The number of rotatable bonds is 4. The van der Waals surface area contributed by atoms with Gasteiger partial charge in [-0.1, -0.05) is 68.8 Å². The lowest BCUT2D eigenvalue weighted by Crippen LogP contribution is -2.34. The van der Waals surface area contributed by atoms with Crippen LogP contribution in [0.5, 0.6) is 0 Å². The third-order valence-electron chi connectivity index (χ3n) is 4.71. The van der Waals surface area contributed by atoms with Crippen molar-refractivity contribution in [3.05, 3.63) is 65.7 Å². The van der Waals surface area contributed by atoms with E-state index >= 15 is 0 Å². The van der Waals surface area contributed by atoms with Gasteiger partial charge in [-0.25, -0.2) is 0 Å². The molecule has 1 atom stereocenters. The number of sulfonamides is 1. The maximum absolute atomic E-state index is 13.2. The van der Waals surface area contributed by atoms with Gasteiger partial charge in [0, 0.05) is 17.5 Å². The molecule has 2 aromatic rings. The highest BCUT2D eigenvalue weighted by Crippen LogP contribution is 2.33. The van der Waals surface area contributed by atoms with Gasteiger partial charge in [0.1, 0.15) is 0 Å². The number of hydrogen-bond donors (Lipinski definition) is 0. The summed E-state index contributed by atoms with van der Waals surface area (Å²) in [6.07, 6.45) is 1.30. The summed E-state index contributed by atoms with van der Waals surface area (Å²) in [5.74, 6) is 0. The molecule has 1 aliphatic heterocycles. The maximum atomic E-state index is 13.2. The Hall–Kier alpha value is -2.14. The maximum Gasteiger partial charge on any atom is 0.279 e. The molecule has 0 radical (unpaired) electrons. The van der Waals surface area contributed by atoms with E-state index in [4.69, 9.17) is 0 Å². The van der Waals surface area contributed by atoms with Gasteiger partial charge in [0.05, 0.1) is 10.9 Å². The summed E-state index contributed by atoms with van der Waals surface area (Å²) in [5.41, 5.74) is 2.91. The van der Waals surface area contributed by atoms with Crippen LogP contribution in [0.2, 0.25) is 0 Å². The molecule has 0 aromatic heterocycles. The van der Waals surface area contributed by atoms with Crippen molar-refractivity contribution in [1.29, 1.82) is 0 Å². The van der Waals surface area contributed by atoms with Gasteiger partial charge in [-0.15, -0.1) is 0 Å². The Morgan fingerprint density at radius 2 is 1.65 bits per heavy atom. The molecule has 1 heterocycles. The second-order valence-electron chi connectivity index (χ2n) is 7.94. The Bertz CT molecular complexity index is 895. The normalized spacial score (nSPS) is 18.1. The quantitative estimate of drug-likeness (QED) is 0.801. The lowest BCUT2D eigenvalue weighted by molar-refractivity contribution is 0.361. The fraction of sp³-hybridized carbons (Fsp3) is 0.381. The zero-order valence-corrected chi connectivity index (χ0v) is 16.6. The Kier molecular flexibility index (Phi) is 4.93. The van der Waals surface area contributed by atoms with Gasteiger partial charge in [-0.2, -0.15) is 17.9 Å². The topological polar surface area (TPSA) is 49.7 Å². The van der Waals surface area contributed by atoms with Gasteiger partial charge in [0.25, 0.3) is 10.0 Å². The zero-order valence-electron chi connectivity index (χ0n) is 15.8. The van der Waals surface area contributed by atoms with E-state index in [1.165, 1.54) is 4.41 Å². The van der Waals surface area contributed by atoms with Crippen LogP contribution in [0.3, 0.4) is 0 Å². The molecule has 3 rings (SSSR count). The van der Waals surface area contributed by atoms with E-state index < -0.39 is 10.0 Å². The van der Waals surface area contributed by atoms with Crippen molar-refractivity contribution in [1.82, 2.24) is 4.41 Å². The smallest absolute Gasteiger partial charge is 0.200 e. The molecule has 0 amide bonds. The van der Waals surface area contributed by atoms with Crippen molar-refractivity contribution in [2.45, 2.75) is 51.5 Å². The van der Waals surface area contributed by atoms with Crippen molar-refractivity contribution in [2.75, 3.05) is 0 Å². The summed E-state index contributed by atoms with van der Waals surface area (Å²) < 4.78 is 27.8. The fourth-order valence-corrected chi connectivity index (χ4v) is 4.55. The standard InChI is InChI=1S/C21H26N2O2S/c1-16-10-12-19(13-11-16)26(24,25)23-18(14-17-8-6-5-7-9-17)15-20(22-23)21(2,3)4/h5-13,18H,14-15H2,1-4H3. The van der Waals surface area contributed by atoms with E-state index in [9.17, 15) is 8.42 Å². The van der Waals surface area contributed by atoms with Gasteiger partial charge >= 0.3 is 0 Å². The molecular formula is C21H26N2O2S. The second kappa shape index (κ2) is 6.88. The van der Waals surface area contributed by atoms with Gasteiger partial charge in [-0.05, 0) is 31.0 Å². The van der Waals surface area contributed by atoms with Crippen molar-refractivity contribution in [2.24, 2.45) is 10.5 Å². The highest BCUT2D eigenvalue weighted by Gasteiger charge is 2.39. The molecule has 1 unspecified atom stereocenters. The van der Waals surface area contributed by atoms with Crippen LogP contribution in [0.15, 0.2) is 64.6 Å². The van der Waals surface area contributed by atoms with E-state index in [2.05, 4.69) is 25.9 Å². The van der Waals surface area contributed by atoms with Gasteiger partial charge in [0.15, 0.2) is 0 Å². The van der Waals surface area contributed by atoms with Crippen LogP contribution in [0, 0.1) is 12.3 Å². The Balaban J connectivity index is 1.98. The minimum Gasteiger partial charge on any atom is -0.200 e. The third kappa shape index (κ3) is 3.83. The van der Waals surface area contributed by atoms with Crippen LogP contribution in [-0.4, -0.2) is 24.6 Å². The summed E-state index contributed by atoms with van der Waals surface area (Å²) in [4.78, 5) is 0.292.